The van der Waals surface area contributed by atoms with E-state index in [-0.39, 0.29) is 15.5 Å². The topological polar surface area (TPSA) is 48.7 Å². The number of alkyl halides is 1. The highest BCUT2D eigenvalue weighted by Gasteiger charge is 2.40. The van der Waals surface area contributed by atoms with E-state index in [1.165, 1.54) is 0 Å². The molecule has 136 valence electrons. The summed E-state index contributed by atoms with van der Waals surface area (Å²) in [6, 6.07) is 13.4. The van der Waals surface area contributed by atoms with E-state index in [0.717, 1.165) is 54.6 Å². The first-order chi connectivity index (χ1) is 12.6. The number of carbonyl (C=O) groups is 1. The fraction of sp³-hybridized carbons (Fsp3) is 0.381. The molecule has 1 fully saturated rings. The Bertz CT molecular complexity index is 877. The van der Waals surface area contributed by atoms with E-state index in [9.17, 15) is 4.79 Å². The van der Waals surface area contributed by atoms with Crippen LogP contribution >= 0.6 is 22.6 Å². The summed E-state index contributed by atoms with van der Waals surface area (Å²) in [4.78, 5) is 11.9. The molecule has 2 aromatic heterocycles. The van der Waals surface area contributed by atoms with Crippen LogP contribution in [0.2, 0.25) is 0 Å². The quantitative estimate of drug-likeness (QED) is 0.199. The number of hydrogen-bond acceptors (Lipinski definition) is 4. The molecule has 4 nitrogen and oxygen atoms in total. The molecule has 5 heteroatoms. The second-order valence-corrected chi connectivity index (χ2v) is 8.34. The van der Waals surface area contributed by atoms with Crippen molar-refractivity contribution in [2.45, 2.75) is 48.6 Å². The molecule has 1 aliphatic carbocycles. The Morgan fingerprint density at radius 3 is 2.42 bits per heavy atom. The van der Waals surface area contributed by atoms with Gasteiger partial charge in [0.2, 0.25) is 0 Å². The number of fused-ring (bicyclic) bond motifs is 2. The Kier molecular flexibility index (Phi) is 4.82. The van der Waals surface area contributed by atoms with Crippen molar-refractivity contribution in [2.75, 3.05) is 0 Å². The van der Waals surface area contributed by atoms with E-state index in [4.69, 9.17) is 13.9 Å². The van der Waals surface area contributed by atoms with Gasteiger partial charge in [-0.15, -0.1) is 0 Å². The van der Waals surface area contributed by atoms with Crippen LogP contribution in [0, 0.1) is 0 Å². The lowest BCUT2D eigenvalue weighted by molar-refractivity contribution is -0.133. The van der Waals surface area contributed by atoms with Crippen LogP contribution in [-0.2, 0) is 10.4 Å². The number of halogens is 1. The number of furan rings is 2. The molecule has 0 radical (unpaired) electrons. The Hall–Kier alpha value is -1.76. The largest absolute Gasteiger partial charge is 0.482 e. The summed E-state index contributed by atoms with van der Waals surface area (Å²) in [5, 5.41) is 0. The highest BCUT2D eigenvalue weighted by atomic mass is 127. The average molecular weight is 464 g/mol. The molecule has 3 aromatic rings. The minimum Gasteiger partial charge on any atom is -0.482 e. The molecule has 0 saturated heterocycles. The molecule has 26 heavy (non-hydrogen) atoms. The van der Waals surface area contributed by atoms with Gasteiger partial charge in [-0.25, -0.2) is 0 Å². The third-order valence-electron chi connectivity index (χ3n) is 5.05. The van der Waals surface area contributed by atoms with E-state index in [1.807, 2.05) is 31.2 Å². The predicted octanol–water partition coefficient (Wildman–Crippen LogP) is 5.84. The SMILES string of the molecule is CCC(I)C(=O)Oc1ccc(OC2(c3cc4ccc3o4)CCCC2)cc1. The number of ether oxygens (including phenoxy) is 2. The molecular weight excluding hydrogens is 443 g/mol. The van der Waals surface area contributed by atoms with Gasteiger partial charge in [-0.1, -0.05) is 29.5 Å². The maximum absolute atomic E-state index is 11.9. The number of benzene rings is 2. The zero-order chi connectivity index (χ0) is 18.1. The van der Waals surface area contributed by atoms with Crippen molar-refractivity contribution >= 4 is 39.7 Å². The van der Waals surface area contributed by atoms with Gasteiger partial charge >= 0.3 is 5.97 Å². The molecular formula is C21H21IO4. The summed E-state index contributed by atoms with van der Waals surface area (Å²) in [5.74, 6) is 1.12. The van der Waals surface area contributed by atoms with Gasteiger partial charge in [0.15, 0.2) is 0 Å². The molecule has 2 bridgehead atoms. The first-order valence-electron chi connectivity index (χ1n) is 9.07. The van der Waals surface area contributed by atoms with E-state index >= 15 is 0 Å². The third-order valence-corrected chi connectivity index (χ3v) is 6.44. The molecule has 0 aliphatic heterocycles. The monoisotopic (exact) mass is 464 g/mol. The summed E-state index contributed by atoms with van der Waals surface area (Å²) >= 11 is 2.10. The van der Waals surface area contributed by atoms with E-state index in [1.54, 1.807) is 12.1 Å². The van der Waals surface area contributed by atoms with Crippen molar-refractivity contribution in [3.63, 3.8) is 0 Å². The highest BCUT2D eigenvalue weighted by Crippen LogP contribution is 2.46. The van der Waals surface area contributed by atoms with Gasteiger partial charge < -0.3 is 13.9 Å². The Labute approximate surface area is 166 Å². The molecule has 1 aliphatic rings. The van der Waals surface area contributed by atoms with Crippen LogP contribution in [0.15, 0.2) is 46.9 Å². The Morgan fingerprint density at radius 1 is 1.15 bits per heavy atom. The molecule has 0 spiro atoms. The summed E-state index contributed by atoms with van der Waals surface area (Å²) < 4.78 is 17.5. The summed E-state index contributed by atoms with van der Waals surface area (Å²) in [6.07, 6.45) is 5.01. The van der Waals surface area contributed by atoms with Crippen LogP contribution in [0.25, 0.3) is 11.2 Å². The molecule has 0 N–H and O–H groups in total. The molecule has 1 saturated carbocycles. The lowest BCUT2D eigenvalue weighted by atomic mass is 9.91. The zero-order valence-electron chi connectivity index (χ0n) is 14.7. The van der Waals surface area contributed by atoms with Crippen molar-refractivity contribution in [1.29, 1.82) is 0 Å². The molecule has 1 unspecified atom stereocenters. The van der Waals surface area contributed by atoms with Gasteiger partial charge in [-0.3, -0.25) is 4.79 Å². The fourth-order valence-corrected chi connectivity index (χ4v) is 3.79. The average Bonchev–Trinajstić information content (AvgIpc) is 3.40. The van der Waals surface area contributed by atoms with E-state index < -0.39 is 0 Å². The number of carbonyl (C=O) groups excluding carboxylic acids is 1. The van der Waals surface area contributed by atoms with Crippen molar-refractivity contribution in [1.82, 2.24) is 0 Å². The maximum Gasteiger partial charge on any atom is 0.324 e. The van der Waals surface area contributed by atoms with Crippen molar-refractivity contribution in [2.24, 2.45) is 0 Å². The van der Waals surface area contributed by atoms with Crippen LogP contribution in [0.1, 0.15) is 44.6 Å². The number of hydrogen-bond donors (Lipinski definition) is 0. The fourth-order valence-electron chi connectivity index (χ4n) is 3.67. The molecule has 4 rings (SSSR count). The second-order valence-electron chi connectivity index (χ2n) is 6.83. The van der Waals surface area contributed by atoms with Crippen LogP contribution < -0.4 is 9.47 Å². The summed E-state index contributed by atoms with van der Waals surface area (Å²) in [7, 11) is 0. The number of rotatable bonds is 6. The predicted molar refractivity (Wildman–Crippen MR) is 108 cm³/mol. The lowest BCUT2D eigenvalue weighted by Crippen LogP contribution is -2.29. The van der Waals surface area contributed by atoms with E-state index in [2.05, 4.69) is 28.7 Å². The van der Waals surface area contributed by atoms with Gasteiger partial charge in [0, 0.05) is 5.56 Å². The van der Waals surface area contributed by atoms with Crippen LogP contribution in [-0.4, -0.2) is 9.89 Å². The van der Waals surface area contributed by atoms with Crippen molar-refractivity contribution < 1.29 is 18.7 Å². The first-order valence-corrected chi connectivity index (χ1v) is 10.3. The highest BCUT2D eigenvalue weighted by molar-refractivity contribution is 14.1. The zero-order valence-corrected chi connectivity index (χ0v) is 16.8. The van der Waals surface area contributed by atoms with Gasteiger partial charge in [0.1, 0.15) is 32.2 Å². The Balaban J connectivity index is 1.52. The first kappa shape index (κ1) is 17.6. The third kappa shape index (κ3) is 3.29. The minimum absolute atomic E-state index is 0.127. The minimum atomic E-state index is -0.324. The standard InChI is InChI=1S/C21H21IO4/c1-2-18(22)20(23)25-14-5-7-15(8-6-14)26-21(11-3-4-12-21)17-13-16-9-10-19(17)24-16/h5-10,13,18H,2-4,11-12H2,1H3. The Morgan fingerprint density at radius 2 is 1.85 bits per heavy atom. The maximum atomic E-state index is 11.9. The van der Waals surface area contributed by atoms with Crippen LogP contribution in [0.3, 0.4) is 0 Å². The van der Waals surface area contributed by atoms with Gasteiger partial charge in [-0.2, -0.15) is 0 Å². The molecule has 2 heterocycles. The van der Waals surface area contributed by atoms with Gasteiger partial charge in [0.25, 0.3) is 0 Å². The van der Waals surface area contributed by atoms with Crippen molar-refractivity contribution in [3.05, 3.63) is 48.0 Å². The molecule has 1 atom stereocenters. The van der Waals surface area contributed by atoms with E-state index in [0.29, 0.717) is 5.75 Å². The summed E-state index contributed by atoms with van der Waals surface area (Å²) in [6.45, 7) is 1.97. The van der Waals surface area contributed by atoms with Gasteiger partial charge in [-0.05, 0) is 74.6 Å². The normalized spacial score (nSPS) is 17.5. The van der Waals surface area contributed by atoms with Crippen LogP contribution in [0.4, 0.5) is 0 Å². The smallest absolute Gasteiger partial charge is 0.324 e. The number of esters is 1. The van der Waals surface area contributed by atoms with Crippen LogP contribution in [0.5, 0.6) is 11.5 Å². The lowest BCUT2D eigenvalue weighted by Gasteiger charge is -2.30. The van der Waals surface area contributed by atoms with Gasteiger partial charge in [0.05, 0.1) is 0 Å². The molecule has 1 aromatic carbocycles. The summed E-state index contributed by atoms with van der Waals surface area (Å²) in [5.41, 5.74) is 2.64. The second kappa shape index (κ2) is 7.10. The molecule has 0 amide bonds. The van der Waals surface area contributed by atoms with Crippen molar-refractivity contribution in [3.8, 4) is 11.5 Å².